The van der Waals surface area contributed by atoms with Crippen molar-refractivity contribution in [2.75, 3.05) is 19.7 Å². The zero-order chi connectivity index (χ0) is 22.9. The van der Waals surface area contributed by atoms with Crippen molar-refractivity contribution in [2.24, 2.45) is 0 Å². The van der Waals surface area contributed by atoms with E-state index in [-0.39, 0.29) is 24.5 Å². The fourth-order valence-electron chi connectivity index (χ4n) is 3.57. The molecule has 0 aliphatic carbocycles. The van der Waals surface area contributed by atoms with Gasteiger partial charge in [-0.1, -0.05) is 29.8 Å². The SMILES string of the molecule is CCOC(=O)Oc1ccc(C(=O)N2CCC(NC(=O)CCc3ccccc3Cl)CC2)cc1. The summed E-state index contributed by atoms with van der Waals surface area (Å²) >= 11 is 6.14. The Labute approximate surface area is 192 Å². The first kappa shape index (κ1) is 23.6. The fourth-order valence-corrected chi connectivity index (χ4v) is 3.80. The molecule has 0 aromatic heterocycles. The van der Waals surface area contributed by atoms with Gasteiger partial charge in [0.15, 0.2) is 0 Å². The van der Waals surface area contributed by atoms with Crippen molar-refractivity contribution in [1.82, 2.24) is 10.2 Å². The van der Waals surface area contributed by atoms with Crippen molar-refractivity contribution in [1.29, 1.82) is 0 Å². The van der Waals surface area contributed by atoms with E-state index >= 15 is 0 Å². The van der Waals surface area contributed by atoms with Gasteiger partial charge in [0.05, 0.1) is 6.61 Å². The number of aryl methyl sites for hydroxylation is 1. The number of carbonyl (C=O) groups is 3. The van der Waals surface area contributed by atoms with Gasteiger partial charge >= 0.3 is 6.16 Å². The summed E-state index contributed by atoms with van der Waals surface area (Å²) in [6, 6.07) is 14.0. The Morgan fingerprint density at radius 3 is 2.41 bits per heavy atom. The van der Waals surface area contributed by atoms with Crippen LogP contribution in [0.2, 0.25) is 5.02 Å². The number of benzene rings is 2. The van der Waals surface area contributed by atoms with Gasteiger partial charge in [0.25, 0.3) is 5.91 Å². The van der Waals surface area contributed by atoms with Crippen molar-refractivity contribution >= 4 is 29.6 Å². The molecule has 0 bridgehead atoms. The Kier molecular flexibility index (Phi) is 8.50. The number of nitrogens with one attached hydrogen (secondary N) is 1. The van der Waals surface area contributed by atoms with Crippen LogP contribution in [0.3, 0.4) is 0 Å². The molecule has 1 aliphatic rings. The molecular formula is C24H27ClN2O5. The summed E-state index contributed by atoms with van der Waals surface area (Å²) in [5.74, 6) is 0.223. The van der Waals surface area contributed by atoms with Crippen LogP contribution in [0.4, 0.5) is 4.79 Å². The van der Waals surface area contributed by atoms with Crippen molar-refractivity contribution in [2.45, 2.75) is 38.6 Å². The minimum atomic E-state index is -0.775. The average Bonchev–Trinajstić information content (AvgIpc) is 2.79. The van der Waals surface area contributed by atoms with E-state index in [0.29, 0.717) is 55.1 Å². The Bertz CT molecular complexity index is 940. The number of nitrogens with zero attached hydrogens (tertiary/aromatic N) is 1. The number of halogens is 1. The van der Waals surface area contributed by atoms with E-state index in [4.69, 9.17) is 21.1 Å². The Morgan fingerprint density at radius 2 is 1.75 bits per heavy atom. The number of piperidine rings is 1. The molecule has 1 fully saturated rings. The molecule has 1 aliphatic heterocycles. The van der Waals surface area contributed by atoms with Gasteiger partial charge in [-0.2, -0.15) is 0 Å². The largest absolute Gasteiger partial charge is 0.513 e. The third-order valence-electron chi connectivity index (χ3n) is 5.29. The smallest absolute Gasteiger partial charge is 0.434 e. The van der Waals surface area contributed by atoms with Crippen LogP contribution in [-0.4, -0.2) is 48.6 Å². The van der Waals surface area contributed by atoms with Gasteiger partial charge in [-0.05, 0) is 62.1 Å². The molecule has 0 atom stereocenters. The van der Waals surface area contributed by atoms with Crippen LogP contribution >= 0.6 is 11.6 Å². The maximum Gasteiger partial charge on any atom is 0.513 e. The molecule has 2 amide bonds. The van der Waals surface area contributed by atoms with Crippen LogP contribution < -0.4 is 10.1 Å². The van der Waals surface area contributed by atoms with Crippen LogP contribution in [0.25, 0.3) is 0 Å². The van der Waals surface area contributed by atoms with Gasteiger partial charge in [0, 0.05) is 36.1 Å². The Balaban J connectivity index is 1.42. The topological polar surface area (TPSA) is 84.9 Å². The highest BCUT2D eigenvalue weighted by molar-refractivity contribution is 6.31. The molecule has 1 heterocycles. The maximum absolute atomic E-state index is 12.7. The molecule has 32 heavy (non-hydrogen) atoms. The number of hydrogen-bond acceptors (Lipinski definition) is 5. The van der Waals surface area contributed by atoms with E-state index in [2.05, 4.69) is 5.32 Å². The van der Waals surface area contributed by atoms with E-state index in [9.17, 15) is 14.4 Å². The normalized spacial score (nSPS) is 14.0. The molecule has 0 unspecified atom stereocenters. The van der Waals surface area contributed by atoms with E-state index in [0.717, 1.165) is 5.56 Å². The standard InChI is InChI=1S/C24H27ClN2O5/c1-2-31-24(30)32-20-10-7-18(8-11-20)23(29)27-15-13-19(14-16-27)26-22(28)12-9-17-5-3-4-6-21(17)25/h3-8,10-11,19H,2,9,12-16H2,1H3,(H,26,28). The summed E-state index contributed by atoms with van der Waals surface area (Å²) < 4.78 is 9.73. The molecule has 0 radical (unpaired) electrons. The van der Waals surface area contributed by atoms with Crippen molar-refractivity contribution in [3.05, 3.63) is 64.7 Å². The minimum Gasteiger partial charge on any atom is -0.434 e. The lowest BCUT2D eigenvalue weighted by molar-refractivity contribution is -0.122. The zero-order valence-electron chi connectivity index (χ0n) is 18.0. The second-order valence-corrected chi connectivity index (χ2v) is 7.94. The highest BCUT2D eigenvalue weighted by Crippen LogP contribution is 2.19. The highest BCUT2D eigenvalue weighted by Gasteiger charge is 2.24. The molecule has 1 saturated heterocycles. The third kappa shape index (κ3) is 6.72. The van der Waals surface area contributed by atoms with Gasteiger partial charge in [0.2, 0.25) is 5.91 Å². The lowest BCUT2D eigenvalue weighted by Gasteiger charge is -2.32. The number of carbonyl (C=O) groups excluding carboxylic acids is 3. The predicted molar refractivity (Wildman–Crippen MR) is 121 cm³/mol. The van der Waals surface area contributed by atoms with E-state index in [1.807, 2.05) is 24.3 Å². The van der Waals surface area contributed by atoms with Crippen LogP contribution in [0.5, 0.6) is 5.75 Å². The first-order chi connectivity index (χ1) is 15.5. The summed E-state index contributed by atoms with van der Waals surface area (Å²) in [6.45, 7) is 3.05. The van der Waals surface area contributed by atoms with Gasteiger partial charge in [-0.15, -0.1) is 0 Å². The van der Waals surface area contributed by atoms with Crippen molar-refractivity contribution in [3.8, 4) is 5.75 Å². The lowest BCUT2D eigenvalue weighted by atomic mass is 10.0. The Morgan fingerprint density at radius 1 is 1.06 bits per heavy atom. The number of rotatable bonds is 7. The second kappa shape index (κ2) is 11.5. The van der Waals surface area contributed by atoms with Crippen LogP contribution in [0, 0.1) is 0 Å². The van der Waals surface area contributed by atoms with E-state index < -0.39 is 6.16 Å². The number of likely N-dealkylation sites (tertiary alicyclic amines) is 1. The maximum atomic E-state index is 12.7. The molecular weight excluding hydrogens is 432 g/mol. The second-order valence-electron chi connectivity index (χ2n) is 7.53. The molecule has 0 saturated carbocycles. The summed E-state index contributed by atoms with van der Waals surface area (Å²) in [5, 5.41) is 3.74. The first-order valence-electron chi connectivity index (χ1n) is 10.7. The molecule has 8 heteroatoms. The van der Waals surface area contributed by atoms with Gasteiger partial charge in [-0.3, -0.25) is 9.59 Å². The van der Waals surface area contributed by atoms with Crippen LogP contribution in [0.1, 0.15) is 42.1 Å². The molecule has 7 nitrogen and oxygen atoms in total. The fraction of sp³-hybridized carbons (Fsp3) is 0.375. The quantitative estimate of drug-likeness (QED) is 0.495. The van der Waals surface area contributed by atoms with Gasteiger partial charge in [0.1, 0.15) is 5.75 Å². The lowest BCUT2D eigenvalue weighted by Crippen LogP contribution is -2.46. The highest BCUT2D eigenvalue weighted by atomic mass is 35.5. The predicted octanol–water partition coefficient (Wildman–Crippen LogP) is 4.23. The minimum absolute atomic E-state index is 0.00751. The zero-order valence-corrected chi connectivity index (χ0v) is 18.8. The van der Waals surface area contributed by atoms with Gasteiger partial charge < -0.3 is 19.7 Å². The monoisotopic (exact) mass is 458 g/mol. The molecule has 3 rings (SSSR count). The Hall–Kier alpha value is -3.06. The summed E-state index contributed by atoms with van der Waals surface area (Å²) in [6.07, 6.45) is 1.60. The number of ether oxygens (including phenoxy) is 2. The third-order valence-corrected chi connectivity index (χ3v) is 5.66. The van der Waals surface area contributed by atoms with Crippen LogP contribution in [0.15, 0.2) is 48.5 Å². The van der Waals surface area contributed by atoms with E-state index in [1.165, 1.54) is 0 Å². The molecule has 170 valence electrons. The van der Waals surface area contributed by atoms with Crippen LogP contribution in [-0.2, 0) is 16.0 Å². The number of amides is 2. The summed E-state index contributed by atoms with van der Waals surface area (Å²) in [7, 11) is 0. The summed E-state index contributed by atoms with van der Waals surface area (Å²) in [4.78, 5) is 38.2. The van der Waals surface area contributed by atoms with E-state index in [1.54, 1.807) is 36.1 Å². The number of hydrogen-bond donors (Lipinski definition) is 1. The van der Waals surface area contributed by atoms with Crippen molar-refractivity contribution < 1.29 is 23.9 Å². The molecule has 2 aromatic carbocycles. The molecule has 0 spiro atoms. The van der Waals surface area contributed by atoms with Gasteiger partial charge in [-0.25, -0.2) is 4.79 Å². The first-order valence-corrected chi connectivity index (χ1v) is 11.1. The average molecular weight is 459 g/mol. The summed E-state index contributed by atoms with van der Waals surface area (Å²) in [5.41, 5.74) is 1.48. The van der Waals surface area contributed by atoms with Crippen molar-refractivity contribution in [3.63, 3.8) is 0 Å². The molecule has 2 aromatic rings. The molecule has 1 N–H and O–H groups in total.